The molecular formula is C15H19N5O. The molecule has 1 aliphatic heterocycles. The van der Waals surface area contributed by atoms with Crippen molar-refractivity contribution in [3.8, 4) is 0 Å². The molecule has 0 aliphatic carbocycles. The van der Waals surface area contributed by atoms with Gasteiger partial charge >= 0.3 is 0 Å². The van der Waals surface area contributed by atoms with Crippen molar-refractivity contribution in [1.82, 2.24) is 25.4 Å². The highest BCUT2D eigenvalue weighted by molar-refractivity contribution is 5.92. The molecule has 2 aromatic rings. The van der Waals surface area contributed by atoms with Gasteiger partial charge in [-0.25, -0.2) is 0 Å². The van der Waals surface area contributed by atoms with Crippen LogP contribution in [0.5, 0.6) is 0 Å². The molecule has 0 spiro atoms. The number of aromatic nitrogens is 3. The van der Waals surface area contributed by atoms with Crippen LogP contribution in [0, 0.1) is 0 Å². The number of nitrogens with one attached hydrogen (secondary N) is 2. The molecule has 1 fully saturated rings. The van der Waals surface area contributed by atoms with E-state index in [1.807, 2.05) is 23.0 Å². The van der Waals surface area contributed by atoms with E-state index in [0.29, 0.717) is 18.3 Å². The first kappa shape index (κ1) is 13.8. The molecule has 0 saturated carbocycles. The maximum atomic E-state index is 12.1. The number of hydrogen-bond acceptors (Lipinski definition) is 4. The zero-order chi connectivity index (χ0) is 14.5. The van der Waals surface area contributed by atoms with Gasteiger partial charge in [-0.15, -0.1) is 0 Å². The van der Waals surface area contributed by atoms with Crippen LogP contribution in [0.25, 0.3) is 0 Å². The summed E-state index contributed by atoms with van der Waals surface area (Å²) in [4.78, 5) is 16.1. The van der Waals surface area contributed by atoms with Gasteiger partial charge in [0.2, 0.25) is 0 Å². The van der Waals surface area contributed by atoms with Crippen LogP contribution < -0.4 is 10.6 Å². The fourth-order valence-electron chi connectivity index (χ4n) is 2.50. The minimum Gasteiger partial charge on any atom is -0.347 e. The molecule has 2 N–H and O–H groups in total. The third-order valence-electron chi connectivity index (χ3n) is 3.66. The van der Waals surface area contributed by atoms with Gasteiger partial charge in [-0.3, -0.25) is 14.5 Å². The van der Waals surface area contributed by atoms with E-state index in [-0.39, 0.29) is 5.91 Å². The Balaban J connectivity index is 1.59. The number of rotatable bonds is 4. The zero-order valence-electron chi connectivity index (χ0n) is 11.8. The lowest BCUT2D eigenvalue weighted by Gasteiger charge is -2.22. The first-order chi connectivity index (χ1) is 10.3. The van der Waals surface area contributed by atoms with Crippen LogP contribution in [0.15, 0.2) is 36.8 Å². The maximum absolute atomic E-state index is 12.1. The van der Waals surface area contributed by atoms with Crippen LogP contribution in [0.4, 0.5) is 0 Å². The topological polar surface area (TPSA) is 71.8 Å². The molecular weight excluding hydrogens is 266 g/mol. The molecule has 0 radical (unpaired) electrons. The summed E-state index contributed by atoms with van der Waals surface area (Å²) in [5.41, 5.74) is 1.44. The van der Waals surface area contributed by atoms with Crippen molar-refractivity contribution in [1.29, 1.82) is 0 Å². The molecule has 3 heterocycles. The van der Waals surface area contributed by atoms with Crippen LogP contribution in [-0.4, -0.2) is 33.8 Å². The highest BCUT2D eigenvalue weighted by Crippen LogP contribution is 2.15. The van der Waals surface area contributed by atoms with E-state index in [1.54, 1.807) is 18.5 Å². The lowest BCUT2D eigenvalue weighted by atomic mass is 10.1. The molecule has 1 atom stereocenters. The Labute approximate surface area is 123 Å². The van der Waals surface area contributed by atoms with Crippen molar-refractivity contribution in [2.75, 3.05) is 13.1 Å². The van der Waals surface area contributed by atoms with Crippen molar-refractivity contribution in [2.24, 2.45) is 0 Å². The molecule has 6 heteroatoms. The van der Waals surface area contributed by atoms with Crippen LogP contribution in [0.1, 0.15) is 34.9 Å². The van der Waals surface area contributed by atoms with Crippen LogP contribution in [0.3, 0.4) is 0 Å². The van der Waals surface area contributed by atoms with Gasteiger partial charge in [0.1, 0.15) is 5.69 Å². The smallest absolute Gasteiger partial charge is 0.272 e. The van der Waals surface area contributed by atoms with Gasteiger partial charge in [0.05, 0.1) is 6.04 Å². The fourth-order valence-corrected chi connectivity index (χ4v) is 2.50. The monoisotopic (exact) mass is 285 g/mol. The Morgan fingerprint density at radius 1 is 1.48 bits per heavy atom. The molecule has 0 aromatic carbocycles. The Morgan fingerprint density at radius 2 is 2.43 bits per heavy atom. The van der Waals surface area contributed by atoms with E-state index in [0.717, 1.165) is 31.5 Å². The largest absolute Gasteiger partial charge is 0.347 e. The lowest BCUT2D eigenvalue weighted by molar-refractivity contribution is 0.0944. The van der Waals surface area contributed by atoms with E-state index in [2.05, 4.69) is 20.7 Å². The average Bonchev–Trinajstić information content (AvgIpc) is 3.04. The molecule has 1 amide bonds. The van der Waals surface area contributed by atoms with E-state index in [9.17, 15) is 4.79 Å². The van der Waals surface area contributed by atoms with Crippen molar-refractivity contribution in [2.45, 2.75) is 25.4 Å². The summed E-state index contributed by atoms with van der Waals surface area (Å²) in [7, 11) is 0. The lowest BCUT2D eigenvalue weighted by Crippen LogP contribution is -2.32. The Bertz CT molecular complexity index is 589. The molecule has 1 saturated heterocycles. The first-order valence-corrected chi connectivity index (χ1v) is 7.26. The fraction of sp³-hybridized carbons (Fsp3) is 0.400. The number of hydrogen-bond donors (Lipinski definition) is 2. The molecule has 1 aliphatic rings. The van der Waals surface area contributed by atoms with Crippen LogP contribution in [-0.2, 0) is 6.54 Å². The third kappa shape index (κ3) is 3.46. The second kappa shape index (κ2) is 6.49. The minimum absolute atomic E-state index is 0.152. The van der Waals surface area contributed by atoms with Gasteiger partial charge in [0.15, 0.2) is 0 Å². The number of carbonyl (C=O) groups excluding carboxylic acids is 1. The van der Waals surface area contributed by atoms with Crippen molar-refractivity contribution in [3.05, 3.63) is 48.0 Å². The van der Waals surface area contributed by atoms with E-state index in [1.165, 1.54) is 0 Å². The summed E-state index contributed by atoms with van der Waals surface area (Å²) < 4.78 is 1.89. The summed E-state index contributed by atoms with van der Waals surface area (Å²) >= 11 is 0. The van der Waals surface area contributed by atoms with Crippen molar-refractivity contribution < 1.29 is 4.79 Å². The summed E-state index contributed by atoms with van der Waals surface area (Å²) in [5, 5.41) is 10.6. The van der Waals surface area contributed by atoms with Crippen molar-refractivity contribution >= 4 is 5.91 Å². The van der Waals surface area contributed by atoms with Crippen LogP contribution >= 0.6 is 0 Å². The predicted octanol–water partition coefficient (Wildman–Crippen LogP) is 1.13. The number of nitrogens with zero attached hydrogens (tertiary/aromatic N) is 3. The Kier molecular flexibility index (Phi) is 4.25. The van der Waals surface area contributed by atoms with Gasteiger partial charge in [0.25, 0.3) is 5.91 Å². The molecule has 3 rings (SSSR count). The predicted molar refractivity (Wildman–Crippen MR) is 78.8 cm³/mol. The first-order valence-electron chi connectivity index (χ1n) is 7.26. The normalized spacial score (nSPS) is 18.4. The Morgan fingerprint density at radius 3 is 3.19 bits per heavy atom. The minimum atomic E-state index is -0.152. The molecule has 0 bridgehead atoms. The van der Waals surface area contributed by atoms with Gasteiger partial charge in [-0.1, -0.05) is 6.07 Å². The second-order valence-electron chi connectivity index (χ2n) is 5.23. The molecule has 1 unspecified atom stereocenters. The summed E-state index contributed by atoms with van der Waals surface area (Å²) in [6, 6.07) is 5.90. The summed E-state index contributed by atoms with van der Waals surface area (Å²) in [5.74, 6) is -0.152. The number of amides is 1. The highest BCUT2D eigenvalue weighted by atomic mass is 16.1. The summed E-state index contributed by atoms with van der Waals surface area (Å²) in [6.07, 6.45) is 7.59. The number of pyridine rings is 1. The Hall–Kier alpha value is -2.21. The van der Waals surface area contributed by atoms with Gasteiger partial charge in [0, 0.05) is 31.7 Å². The van der Waals surface area contributed by atoms with Gasteiger partial charge in [-0.2, -0.15) is 5.10 Å². The molecule has 6 nitrogen and oxygen atoms in total. The third-order valence-corrected chi connectivity index (χ3v) is 3.66. The van der Waals surface area contributed by atoms with Gasteiger partial charge < -0.3 is 10.6 Å². The second-order valence-corrected chi connectivity index (χ2v) is 5.23. The number of carbonyl (C=O) groups is 1. The maximum Gasteiger partial charge on any atom is 0.272 e. The average molecular weight is 285 g/mol. The zero-order valence-corrected chi connectivity index (χ0v) is 11.8. The SMILES string of the molecule is O=C(NCc1cccnc1)c1ccn(C2CCCNC2)n1. The standard InChI is InChI=1S/C15H19N5O/c21-15(18-10-12-3-1-6-16-9-12)14-5-8-20(19-14)13-4-2-7-17-11-13/h1,3,5-6,8-9,13,17H,2,4,7,10-11H2,(H,18,21). The van der Waals surface area contributed by atoms with Crippen molar-refractivity contribution in [3.63, 3.8) is 0 Å². The van der Waals surface area contributed by atoms with Gasteiger partial charge in [-0.05, 0) is 37.1 Å². The molecule has 110 valence electrons. The van der Waals surface area contributed by atoms with Crippen LogP contribution in [0.2, 0.25) is 0 Å². The summed E-state index contributed by atoms with van der Waals surface area (Å²) in [6.45, 7) is 2.44. The molecule has 21 heavy (non-hydrogen) atoms. The molecule has 2 aromatic heterocycles. The van der Waals surface area contributed by atoms with E-state index in [4.69, 9.17) is 0 Å². The van der Waals surface area contributed by atoms with E-state index >= 15 is 0 Å². The van der Waals surface area contributed by atoms with E-state index < -0.39 is 0 Å². The number of piperidine rings is 1. The highest BCUT2D eigenvalue weighted by Gasteiger charge is 2.17. The quantitative estimate of drug-likeness (QED) is 0.883.